The molecule has 2 amide bonds. The maximum Gasteiger partial charge on any atom is 0.433 e. The van der Waals surface area contributed by atoms with Crippen LogP contribution in [0.2, 0.25) is 0 Å². The molecule has 11 heteroatoms. The quantitative estimate of drug-likeness (QED) is 0.773. The first-order chi connectivity index (χ1) is 14.7. The van der Waals surface area contributed by atoms with Crippen molar-refractivity contribution in [2.75, 3.05) is 37.6 Å². The van der Waals surface area contributed by atoms with Crippen LogP contribution in [0.1, 0.15) is 17.1 Å². The summed E-state index contributed by atoms with van der Waals surface area (Å²) in [5, 5.41) is 2.41. The van der Waals surface area contributed by atoms with Gasteiger partial charge in [0.05, 0.1) is 0 Å². The number of benzene rings is 1. The second-order valence-electron chi connectivity index (χ2n) is 6.94. The molecule has 1 aliphatic heterocycles. The Morgan fingerprint density at radius 1 is 1.10 bits per heavy atom. The molecular weight excluding hydrogens is 415 g/mol. The fourth-order valence-electron chi connectivity index (χ4n) is 3.08. The second kappa shape index (κ2) is 9.63. The summed E-state index contributed by atoms with van der Waals surface area (Å²) in [5.74, 6) is -0.0951. The highest BCUT2D eigenvalue weighted by Crippen LogP contribution is 2.29. The summed E-state index contributed by atoms with van der Waals surface area (Å²) in [6, 6.07) is 10.0. The van der Waals surface area contributed by atoms with E-state index in [9.17, 15) is 22.8 Å². The van der Waals surface area contributed by atoms with Gasteiger partial charge in [-0.3, -0.25) is 4.79 Å². The molecule has 0 bridgehead atoms. The summed E-state index contributed by atoms with van der Waals surface area (Å²) in [7, 11) is 0. The van der Waals surface area contributed by atoms with Gasteiger partial charge in [-0.05, 0) is 12.5 Å². The van der Waals surface area contributed by atoms with Gasteiger partial charge in [-0.25, -0.2) is 14.8 Å². The average molecular weight is 437 g/mol. The number of carbonyl (C=O) groups excluding carboxylic acids is 2. The van der Waals surface area contributed by atoms with Crippen molar-refractivity contribution in [3.05, 3.63) is 53.5 Å². The van der Waals surface area contributed by atoms with Crippen LogP contribution in [0.15, 0.2) is 36.4 Å². The van der Waals surface area contributed by atoms with Crippen molar-refractivity contribution in [2.24, 2.45) is 0 Å². The Morgan fingerprint density at radius 3 is 2.42 bits per heavy atom. The normalized spacial score (nSPS) is 14.3. The number of alkyl carbamates (subject to hydrolysis) is 1. The summed E-state index contributed by atoms with van der Waals surface area (Å²) in [4.78, 5) is 34.8. The van der Waals surface area contributed by atoms with Crippen LogP contribution < -0.4 is 10.2 Å². The van der Waals surface area contributed by atoms with E-state index in [0.717, 1.165) is 11.6 Å². The van der Waals surface area contributed by atoms with Crippen LogP contribution in [-0.4, -0.2) is 59.6 Å². The number of ether oxygens (including phenoxy) is 1. The standard InChI is InChI=1S/C20H22F3N5O3/c1-14-25-16(20(21,22)23)11-17(26-14)27-7-9-28(10-8-27)18(29)12-24-19(30)31-13-15-5-3-2-4-6-15/h2-6,11H,7-10,12-13H2,1H3,(H,24,30). The van der Waals surface area contributed by atoms with Crippen molar-refractivity contribution in [2.45, 2.75) is 19.7 Å². The van der Waals surface area contributed by atoms with E-state index in [4.69, 9.17) is 4.74 Å². The highest BCUT2D eigenvalue weighted by Gasteiger charge is 2.34. The minimum Gasteiger partial charge on any atom is -0.445 e. The Labute approximate surface area is 177 Å². The van der Waals surface area contributed by atoms with E-state index in [2.05, 4.69) is 15.3 Å². The van der Waals surface area contributed by atoms with Gasteiger partial charge in [0.25, 0.3) is 0 Å². The van der Waals surface area contributed by atoms with E-state index in [1.54, 1.807) is 4.90 Å². The molecule has 0 aliphatic carbocycles. The number of aromatic nitrogens is 2. The second-order valence-corrected chi connectivity index (χ2v) is 6.94. The first-order valence-corrected chi connectivity index (χ1v) is 9.62. The summed E-state index contributed by atoms with van der Waals surface area (Å²) >= 11 is 0. The Bertz CT molecular complexity index is 916. The summed E-state index contributed by atoms with van der Waals surface area (Å²) in [6.07, 6.45) is -5.26. The SMILES string of the molecule is Cc1nc(N2CCN(C(=O)CNC(=O)OCc3ccccc3)CC2)cc(C(F)(F)F)n1. The Morgan fingerprint density at radius 2 is 1.77 bits per heavy atom. The van der Waals surface area contributed by atoms with Crippen LogP contribution in [0, 0.1) is 6.92 Å². The molecule has 0 radical (unpaired) electrons. The molecule has 1 fully saturated rings. The molecule has 1 aromatic carbocycles. The number of hydrogen-bond donors (Lipinski definition) is 1. The zero-order valence-corrected chi connectivity index (χ0v) is 16.9. The molecule has 3 rings (SSSR count). The van der Waals surface area contributed by atoms with E-state index in [1.165, 1.54) is 11.8 Å². The monoisotopic (exact) mass is 437 g/mol. The van der Waals surface area contributed by atoms with Gasteiger partial charge < -0.3 is 19.9 Å². The van der Waals surface area contributed by atoms with Crippen LogP contribution in [0.25, 0.3) is 0 Å². The number of aryl methyl sites for hydroxylation is 1. The molecule has 1 aromatic heterocycles. The van der Waals surface area contributed by atoms with Gasteiger partial charge in [-0.2, -0.15) is 13.2 Å². The lowest BCUT2D eigenvalue weighted by atomic mass is 10.2. The fraction of sp³-hybridized carbons (Fsp3) is 0.400. The van der Waals surface area contributed by atoms with Gasteiger partial charge in [-0.1, -0.05) is 30.3 Å². The molecule has 2 aromatic rings. The molecule has 1 saturated heterocycles. The van der Waals surface area contributed by atoms with Crippen molar-refractivity contribution in [1.82, 2.24) is 20.2 Å². The van der Waals surface area contributed by atoms with Crippen molar-refractivity contribution in [1.29, 1.82) is 0 Å². The van der Waals surface area contributed by atoms with Crippen molar-refractivity contribution >= 4 is 17.8 Å². The molecule has 1 N–H and O–H groups in total. The summed E-state index contributed by atoms with van der Waals surface area (Å²) in [5.41, 5.74) is -0.166. The van der Waals surface area contributed by atoms with Gasteiger partial charge >= 0.3 is 12.3 Å². The third-order valence-corrected chi connectivity index (χ3v) is 4.67. The minimum atomic E-state index is -4.55. The van der Waals surface area contributed by atoms with E-state index < -0.39 is 18.0 Å². The van der Waals surface area contributed by atoms with Crippen LogP contribution in [0.5, 0.6) is 0 Å². The number of nitrogens with one attached hydrogen (secondary N) is 1. The number of alkyl halides is 3. The lowest BCUT2D eigenvalue weighted by molar-refractivity contribution is -0.141. The number of rotatable bonds is 5. The topological polar surface area (TPSA) is 87.7 Å². The van der Waals surface area contributed by atoms with Crippen LogP contribution in [-0.2, 0) is 22.3 Å². The number of amides is 2. The van der Waals surface area contributed by atoms with Gasteiger partial charge in [0, 0.05) is 32.2 Å². The van der Waals surface area contributed by atoms with Crippen molar-refractivity contribution < 1.29 is 27.5 Å². The van der Waals surface area contributed by atoms with E-state index in [0.29, 0.717) is 26.2 Å². The third-order valence-electron chi connectivity index (χ3n) is 4.67. The number of anilines is 1. The molecule has 1 aliphatic rings. The zero-order valence-electron chi connectivity index (χ0n) is 16.9. The predicted molar refractivity (Wildman–Crippen MR) is 105 cm³/mol. The number of nitrogens with zero attached hydrogens (tertiary/aromatic N) is 4. The van der Waals surface area contributed by atoms with Crippen molar-refractivity contribution in [3.63, 3.8) is 0 Å². The van der Waals surface area contributed by atoms with E-state index in [-0.39, 0.29) is 30.7 Å². The maximum absolute atomic E-state index is 13.0. The van der Waals surface area contributed by atoms with Gasteiger partial charge in [0.2, 0.25) is 5.91 Å². The van der Waals surface area contributed by atoms with Gasteiger partial charge in [0.15, 0.2) is 0 Å². The van der Waals surface area contributed by atoms with Gasteiger partial charge in [-0.15, -0.1) is 0 Å². The fourth-order valence-corrected chi connectivity index (χ4v) is 3.08. The number of hydrogen-bond acceptors (Lipinski definition) is 6. The molecule has 0 unspecified atom stereocenters. The summed E-state index contributed by atoms with van der Waals surface area (Å²) < 4.78 is 44.0. The molecule has 166 valence electrons. The number of halogens is 3. The van der Waals surface area contributed by atoms with E-state index >= 15 is 0 Å². The van der Waals surface area contributed by atoms with Crippen LogP contribution in [0.4, 0.5) is 23.8 Å². The predicted octanol–water partition coefficient (Wildman–Crippen LogP) is 2.38. The Kier molecular flexibility index (Phi) is 6.93. The first kappa shape index (κ1) is 22.3. The van der Waals surface area contributed by atoms with Crippen LogP contribution >= 0.6 is 0 Å². The average Bonchev–Trinajstić information content (AvgIpc) is 2.76. The Balaban J connectivity index is 1.45. The zero-order chi connectivity index (χ0) is 22.4. The summed E-state index contributed by atoms with van der Waals surface area (Å²) in [6.45, 7) is 2.50. The number of carbonyl (C=O) groups is 2. The highest BCUT2D eigenvalue weighted by molar-refractivity contribution is 5.82. The molecule has 0 spiro atoms. The lowest BCUT2D eigenvalue weighted by Crippen LogP contribution is -2.51. The smallest absolute Gasteiger partial charge is 0.433 e. The Hall–Kier alpha value is -3.37. The lowest BCUT2D eigenvalue weighted by Gasteiger charge is -2.35. The maximum atomic E-state index is 13.0. The van der Waals surface area contributed by atoms with Gasteiger partial charge in [0.1, 0.15) is 30.5 Å². The first-order valence-electron chi connectivity index (χ1n) is 9.62. The molecule has 0 saturated carbocycles. The molecule has 8 nitrogen and oxygen atoms in total. The molecule has 31 heavy (non-hydrogen) atoms. The van der Waals surface area contributed by atoms with Crippen molar-refractivity contribution in [3.8, 4) is 0 Å². The molecule has 0 atom stereocenters. The minimum absolute atomic E-state index is 0.0292. The highest BCUT2D eigenvalue weighted by atomic mass is 19.4. The largest absolute Gasteiger partial charge is 0.445 e. The van der Waals surface area contributed by atoms with Crippen LogP contribution in [0.3, 0.4) is 0 Å². The number of piperazine rings is 1. The molecular formula is C20H22F3N5O3. The molecule has 2 heterocycles. The third kappa shape index (κ3) is 6.30. The van der Waals surface area contributed by atoms with E-state index in [1.807, 2.05) is 30.3 Å².